The molecule has 7 nitrogen and oxygen atoms in total. The van der Waals surface area contributed by atoms with Crippen LogP contribution in [0.15, 0.2) is 90.0 Å². The fraction of sp³-hybridized carbons (Fsp3) is 0.226. The van der Waals surface area contributed by atoms with Crippen LogP contribution in [0.3, 0.4) is 0 Å². The van der Waals surface area contributed by atoms with Gasteiger partial charge in [0.05, 0.1) is 30.3 Å². The van der Waals surface area contributed by atoms with Crippen molar-refractivity contribution in [1.29, 1.82) is 0 Å². The summed E-state index contributed by atoms with van der Waals surface area (Å²) in [5.74, 6) is -0.353. The van der Waals surface area contributed by atoms with Crippen LogP contribution >= 0.6 is 0 Å². The Morgan fingerprint density at radius 1 is 0.923 bits per heavy atom. The number of pyridine rings is 1. The second-order valence-electron chi connectivity index (χ2n) is 9.67. The first-order chi connectivity index (χ1) is 18.8. The van der Waals surface area contributed by atoms with E-state index in [4.69, 9.17) is 4.74 Å². The van der Waals surface area contributed by atoms with Crippen molar-refractivity contribution in [2.75, 3.05) is 37.5 Å². The highest BCUT2D eigenvalue weighted by atomic mass is 32.2. The number of amides is 1. The van der Waals surface area contributed by atoms with Crippen LogP contribution in [-0.2, 0) is 21.1 Å². The standard InChI is InChI=1S/C31H31N3O4S/c1-22-8-9-26(20-30(22)39(2,36)37)31(35)33-21-27-18-25(12-13-32-27)24-10-11-29(34-14-16-38-17-15-34)28(19-24)23-6-4-3-5-7-23/h3-13,18-20H,14-17,21H2,1-2H3,(H,33,35). The number of carbonyl (C=O) groups excluding carboxylic acids is 1. The normalized spacial score (nSPS) is 13.7. The minimum absolute atomic E-state index is 0.157. The molecule has 0 aliphatic carbocycles. The molecule has 1 fully saturated rings. The number of aromatic nitrogens is 1. The summed E-state index contributed by atoms with van der Waals surface area (Å²) < 4.78 is 29.7. The highest BCUT2D eigenvalue weighted by molar-refractivity contribution is 7.90. The molecule has 39 heavy (non-hydrogen) atoms. The summed E-state index contributed by atoms with van der Waals surface area (Å²) in [4.78, 5) is 19.8. The molecular weight excluding hydrogens is 510 g/mol. The SMILES string of the molecule is Cc1ccc(C(=O)NCc2cc(-c3ccc(N4CCOCC4)c(-c4ccccc4)c3)ccn2)cc1S(C)(=O)=O. The van der Waals surface area contributed by atoms with Gasteiger partial charge in [0, 0.05) is 42.4 Å². The number of benzene rings is 3. The number of hydrogen-bond acceptors (Lipinski definition) is 6. The molecule has 0 saturated carbocycles. The van der Waals surface area contributed by atoms with Crippen molar-refractivity contribution in [1.82, 2.24) is 10.3 Å². The van der Waals surface area contributed by atoms with Gasteiger partial charge < -0.3 is 15.0 Å². The predicted molar refractivity (Wildman–Crippen MR) is 154 cm³/mol. The Morgan fingerprint density at radius 3 is 2.41 bits per heavy atom. The Hall–Kier alpha value is -4.01. The van der Waals surface area contributed by atoms with Gasteiger partial charge in [-0.3, -0.25) is 9.78 Å². The zero-order valence-corrected chi connectivity index (χ0v) is 22.9. The average molecular weight is 542 g/mol. The van der Waals surface area contributed by atoms with Crippen molar-refractivity contribution in [2.24, 2.45) is 0 Å². The summed E-state index contributed by atoms with van der Waals surface area (Å²) in [6.07, 6.45) is 2.88. The molecule has 1 N–H and O–H groups in total. The quantitative estimate of drug-likeness (QED) is 0.358. The van der Waals surface area contributed by atoms with E-state index in [1.165, 1.54) is 11.8 Å². The van der Waals surface area contributed by atoms with Crippen molar-refractivity contribution in [3.8, 4) is 22.3 Å². The molecule has 0 atom stereocenters. The number of morpholine rings is 1. The van der Waals surface area contributed by atoms with Gasteiger partial charge in [-0.1, -0.05) is 42.5 Å². The molecule has 200 valence electrons. The molecule has 8 heteroatoms. The summed E-state index contributed by atoms with van der Waals surface area (Å²) in [6, 6.07) is 25.5. The number of hydrogen-bond donors (Lipinski definition) is 1. The lowest BCUT2D eigenvalue weighted by atomic mass is 9.96. The molecule has 4 aromatic rings. The lowest BCUT2D eigenvalue weighted by molar-refractivity contribution is 0.0950. The maximum absolute atomic E-state index is 12.8. The van der Waals surface area contributed by atoms with Gasteiger partial charge in [-0.25, -0.2) is 8.42 Å². The van der Waals surface area contributed by atoms with Crippen LogP contribution < -0.4 is 10.2 Å². The number of anilines is 1. The number of nitrogens with one attached hydrogen (secondary N) is 1. The zero-order chi connectivity index (χ0) is 27.4. The molecule has 1 aliphatic heterocycles. The van der Waals surface area contributed by atoms with E-state index in [0.717, 1.165) is 41.6 Å². The fourth-order valence-corrected chi connectivity index (χ4v) is 5.81. The van der Waals surface area contributed by atoms with Gasteiger partial charge in [0.25, 0.3) is 5.91 Å². The third kappa shape index (κ3) is 6.19. The van der Waals surface area contributed by atoms with Crippen molar-refractivity contribution in [2.45, 2.75) is 18.4 Å². The maximum Gasteiger partial charge on any atom is 0.251 e. The van der Waals surface area contributed by atoms with Crippen LogP contribution in [0, 0.1) is 6.92 Å². The summed E-state index contributed by atoms with van der Waals surface area (Å²) in [6.45, 7) is 5.06. The molecule has 5 rings (SSSR count). The minimum atomic E-state index is -3.43. The van der Waals surface area contributed by atoms with Crippen molar-refractivity contribution in [3.63, 3.8) is 0 Å². The van der Waals surface area contributed by atoms with Gasteiger partial charge in [0.15, 0.2) is 9.84 Å². The van der Waals surface area contributed by atoms with E-state index in [9.17, 15) is 13.2 Å². The van der Waals surface area contributed by atoms with E-state index in [-0.39, 0.29) is 17.3 Å². The summed E-state index contributed by atoms with van der Waals surface area (Å²) in [5, 5.41) is 2.87. The largest absolute Gasteiger partial charge is 0.378 e. The van der Waals surface area contributed by atoms with Crippen LogP contribution in [0.2, 0.25) is 0 Å². The minimum Gasteiger partial charge on any atom is -0.378 e. The van der Waals surface area contributed by atoms with Crippen LogP contribution in [0.1, 0.15) is 21.6 Å². The molecule has 1 amide bonds. The Bertz CT molecular complexity index is 1600. The highest BCUT2D eigenvalue weighted by Gasteiger charge is 2.18. The van der Waals surface area contributed by atoms with Gasteiger partial charge in [-0.2, -0.15) is 0 Å². The zero-order valence-electron chi connectivity index (χ0n) is 22.1. The lowest BCUT2D eigenvalue weighted by Crippen LogP contribution is -2.36. The molecule has 1 saturated heterocycles. The number of sulfone groups is 1. The first kappa shape index (κ1) is 26.6. The molecule has 0 bridgehead atoms. The molecular formula is C31H31N3O4S. The number of carbonyl (C=O) groups is 1. The highest BCUT2D eigenvalue weighted by Crippen LogP contribution is 2.35. The smallest absolute Gasteiger partial charge is 0.251 e. The van der Waals surface area contributed by atoms with Crippen LogP contribution in [0.25, 0.3) is 22.3 Å². The lowest BCUT2D eigenvalue weighted by Gasteiger charge is -2.31. The van der Waals surface area contributed by atoms with E-state index in [0.29, 0.717) is 30.0 Å². The molecule has 3 aromatic carbocycles. The van der Waals surface area contributed by atoms with Gasteiger partial charge in [0.1, 0.15) is 0 Å². The van der Waals surface area contributed by atoms with Crippen molar-refractivity contribution in [3.05, 3.63) is 102 Å². The summed E-state index contributed by atoms with van der Waals surface area (Å²) >= 11 is 0. The van der Waals surface area contributed by atoms with Crippen molar-refractivity contribution < 1.29 is 17.9 Å². The molecule has 0 unspecified atom stereocenters. The third-order valence-corrected chi connectivity index (χ3v) is 8.10. The predicted octanol–water partition coefficient (Wildman–Crippen LogP) is 4.89. The Kier molecular flexibility index (Phi) is 7.77. The van der Waals surface area contributed by atoms with Gasteiger partial charge >= 0.3 is 0 Å². The monoisotopic (exact) mass is 541 g/mol. The molecule has 1 aliphatic rings. The third-order valence-electron chi connectivity index (χ3n) is 6.86. The second-order valence-corrected chi connectivity index (χ2v) is 11.7. The van der Waals surface area contributed by atoms with E-state index in [2.05, 4.69) is 45.5 Å². The van der Waals surface area contributed by atoms with Crippen LogP contribution in [-0.4, -0.2) is 51.9 Å². The summed E-state index contributed by atoms with van der Waals surface area (Å²) in [5.41, 5.74) is 7.14. The number of ether oxygens (including phenoxy) is 1. The molecule has 1 aromatic heterocycles. The van der Waals surface area contributed by atoms with Crippen molar-refractivity contribution >= 4 is 21.4 Å². The maximum atomic E-state index is 12.8. The van der Waals surface area contributed by atoms with Crippen LogP contribution in [0.4, 0.5) is 5.69 Å². The second kappa shape index (κ2) is 11.4. The first-order valence-corrected chi connectivity index (χ1v) is 14.7. The van der Waals surface area contributed by atoms with Crippen LogP contribution in [0.5, 0.6) is 0 Å². The number of nitrogens with zero attached hydrogens (tertiary/aromatic N) is 2. The Labute approximate surface area is 229 Å². The van der Waals surface area contributed by atoms with E-state index >= 15 is 0 Å². The van der Waals surface area contributed by atoms with Gasteiger partial charge in [0.2, 0.25) is 0 Å². The summed E-state index contributed by atoms with van der Waals surface area (Å²) in [7, 11) is -3.43. The number of aryl methyl sites for hydroxylation is 1. The fourth-order valence-electron chi connectivity index (χ4n) is 4.81. The number of rotatable bonds is 7. The molecule has 2 heterocycles. The molecule has 0 radical (unpaired) electrons. The van der Waals surface area contributed by atoms with E-state index in [1.54, 1.807) is 25.3 Å². The Balaban J connectivity index is 1.38. The van der Waals surface area contributed by atoms with Gasteiger partial charge in [-0.15, -0.1) is 0 Å². The van der Waals surface area contributed by atoms with E-state index in [1.807, 2.05) is 30.3 Å². The topological polar surface area (TPSA) is 88.6 Å². The average Bonchev–Trinajstić information content (AvgIpc) is 2.96. The molecule has 0 spiro atoms. The Morgan fingerprint density at radius 2 is 1.67 bits per heavy atom. The first-order valence-electron chi connectivity index (χ1n) is 12.9. The van der Waals surface area contributed by atoms with E-state index < -0.39 is 9.84 Å². The van der Waals surface area contributed by atoms with Gasteiger partial charge in [-0.05, 0) is 65.6 Å².